The predicted molar refractivity (Wildman–Crippen MR) is 101 cm³/mol. The van der Waals surface area contributed by atoms with Crippen LogP contribution in [0, 0.1) is 0 Å². The van der Waals surface area contributed by atoms with Gasteiger partial charge in [-0.25, -0.2) is 4.98 Å². The van der Waals surface area contributed by atoms with Crippen molar-refractivity contribution >= 4 is 11.7 Å². The Bertz CT molecular complexity index is 840. The predicted octanol–water partition coefficient (Wildman–Crippen LogP) is 2.72. The lowest BCUT2D eigenvalue weighted by molar-refractivity contribution is -0.352. The van der Waals surface area contributed by atoms with Crippen molar-refractivity contribution in [1.82, 2.24) is 0 Å². The number of pyridine rings is 1. The second-order valence-electron chi connectivity index (χ2n) is 7.83. The van der Waals surface area contributed by atoms with Crippen molar-refractivity contribution in [2.24, 2.45) is 5.73 Å². The molecule has 2 aliphatic heterocycles. The number of fused-ring (bicyclic) bond motifs is 1. The number of ether oxygens (including phenoxy) is 1. The molecule has 0 atom stereocenters. The lowest BCUT2D eigenvalue weighted by atomic mass is 9.86. The molecule has 5 heteroatoms. The van der Waals surface area contributed by atoms with Crippen LogP contribution in [-0.4, -0.2) is 24.6 Å². The first kappa shape index (κ1) is 17.0. The maximum absolute atomic E-state index is 12.4. The average molecular weight is 352 g/mol. The number of anilines is 1. The Morgan fingerprint density at radius 2 is 1.85 bits per heavy atom. The molecule has 3 N–H and O–H groups in total. The molecule has 1 aromatic carbocycles. The number of primary amides is 1. The summed E-state index contributed by atoms with van der Waals surface area (Å²) >= 11 is 0. The van der Waals surface area contributed by atoms with Crippen LogP contribution in [0.3, 0.4) is 0 Å². The molecule has 4 rings (SSSR count). The summed E-state index contributed by atoms with van der Waals surface area (Å²) < 4.78 is 6.07. The first-order valence-corrected chi connectivity index (χ1v) is 9.31. The number of H-pyrrole nitrogens is 1. The molecule has 1 fully saturated rings. The van der Waals surface area contributed by atoms with E-state index < -0.39 is 0 Å². The smallest absolute Gasteiger partial charge is 0.288 e. The maximum Gasteiger partial charge on any atom is 0.288 e. The molecule has 2 aromatic rings. The van der Waals surface area contributed by atoms with Crippen molar-refractivity contribution in [3.05, 3.63) is 47.0 Å². The average Bonchev–Trinajstić information content (AvgIpc) is 3.14. The third-order valence-electron chi connectivity index (χ3n) is 5.39. The number of aromatic amines is 1. The standard InChI is InChI=1S/C21H25N3O2/c1-21(2)12-15-16(13-26-21)18(14-8-4-3-5-9-14)23-20(17(15)19(22)25)24-10-6-7-11-24/h3-5,8-9H,6-7,10-13H2,1-2H3,(H2,22,25)/p+1. The summed E-state index contributed by atoms with van der Waals surface area (Å²) in [6.45, 7) is 6.50. The second kappa shape index (κ2) is 6.40. The lowest BCUT2D eigenvalue weighted by Gasteiger charge is -2.33. The molecule has 1 amide bonds. The normalized spacial score (nSPS) is 18.6. The van der Waals surface area contributed by atoms with E-state index in [1.54, 1.807) is 0 Å². The van der Waals surface area contributed by atoms with Crippen LogP contribution in [0.1, 0.15) is 48.2 Å². The summed E-state index contributed by atoms with van der Waals surface area (Å²) in [4.78, 5) is 18.3. The number of nitrogens with two attached hydrogens (primary N) is 1. The van der Waals surface area contributed by atoms with Gasteiger partial charge in [0, 0.05) is 17.5 Å². The summed E-state index contributed by atoms with van der Waals surface area (Å²) in [6, 6.07) is 10.2. The Hall–Kier alpha value is -2.40. The van der Waals surface area contributed by atoms with Crippen molar-refractivity contribution in [2.75, 3.05) is 18.0 Å². The minimum atomic E-state index is -0.364. The van der Waals surface area contributed by atoms with E-state index in [9.17, 15) is 4.79 Å². The SMILES string of the molecule is CC1(C)Cc2c(c(-c3ccccc3)[nH+]c(N3CCCC3)c2C(N)=O)CO1. The van der Waals surface area contributed by atoms with Crippen molar-refractivity contribution < 1.29 is 14.5 Å². The maximum atomic E-state index is 12.4. The van der Waals surface area contributed by atoms with Crippen LogP contribution >= 0.6 is 0 Å². The molecule has 5 nitrogen and oxygen atoms in total. The quantitative estimate of drug-likeness (QED) is 0.923. The van der Waals surface area contributed by atoms with Gasteiger partial charge in [-0.1, -0.05) is 30.3 Å². The molecule has 0 aliphatic carbocycles. The number of benzene rings is 1. The number of rotatable bonds is 3. The molecule has 0 spiro atoms. The molecule has 1 saturated heterocycles. The fourth-order valence-electron chi connectivity index (χ4n) is 4.09. The molecule has 1 aromatic heterocycles. The number of nitrogens with zero attached hydrogens (tertiary/aromatic N) is 1. The van der Waals surface area contributed by atoms with Crippen molar-refractivity contribution in [3.8, 4) is 11.3 Å². The van der Waals surface area contributed by atoms with E-state index in [1.807, 2.05) is 18.2 Å². The fourth-order valence-corrected chi connectivity index (χ4v) is 4.09. The summed E-state index contributed by atoms with van der Waals surface area (Å²) in [5.74, 6) is 0.502. The highest BCUT2D eigenvalue weighted by molar-refractivity contribution is 5.99. The molecule has 0 bridgehead atoms. The molecule has 26 heavy (non-hydrogen) atoms. The van der Waals surface area contributed by atoms with Crippen molar-refractivity contribution in [2.45, 2.75) is 45.3 Å². The number of carbonyl (C=O) groups excluding carboxylic acids is 1. The second-order valence-corrected chi connectivity index (χ2v) is 7.83. The highest BCUT2D eigenvalue weighted by Gasteiger charge is 2.37. The summed E-state index contributed by atoms with van der Waals surface area (Å²) in [7, 11) is 0. The van der Waals surface area contributed by atoms with E-state index >= 15 is 0 Å². The fraction of sp³-hybridized carbons (Fsp3) is 0.429. The van der Waals surface area contributed by atoms with Gasteiger partial charge in [0.1, 0.15) is 11.3 Å². The molecular weight excluding hydrogens is 326 g/mol. The van der Waals surface area contributed by atoms with Gasteiger partial charge in [0.05, 0.1) is 25.3 Å². The summed E-state index contributed by atoms with van der Waals surface area (Å²) in [6.07, 6.45) is 2.95. The topological polar surface area (TPSA) is 69.7 Å². The van der Waals surface area contributed by atoms with E-state index in [2.05, 4.69) is 35.9 Å². The molecule has 3 heterocycles. The summed E-state index contributed by atoms with van der Waals surface area (Å²) in [5.41, 5.74) is 10.4. The van der Waals surface area contributed by atoms with Crippen LogP contribution in [-0.2, 0) is 17.8 Å². The Balaban J connectivity index is 1.98. The third kappa shape index (κ3) is 2.97. The highest BCUT2D eigenvalue weighted by atomic mass is 16.5. The van der Waals surface area contributed by atoms with Gasteiger partial charge in [-0.15, -0.1) is 0 Å². The van der Waals surface area contributed by atoms with E-state index in [4.69, 9.17) is 10.5 Å². The summed E-state index contributed by atoms with van der Waals surface area (Å²) in [5, 5.41) is 0. The number of aromatic nitrogens is 1. The van der Waals surface area contributed by atoms with Crippen LogP contribution in [0.15, 0.2) is 30.3 Å². The van der Waals surface area contributed by atoms with E-state index in [-0.39, 0.29) is 11.5 Å². The van der Waals surface area contributed by atoms with E-state index in [0.717, 1.165) is 54.1 Å². The molecule has 0 unspecified atom stereocenters. The van der Waals surface area contributed by atoms with Gasteiger partial charge in [0.25, 0.3) is 11.7 Å². The number of carbonyl (C=O) groups is 1. The number of nitrogens with one attached hydrogen (secondary N) is 1. The Morgan fingerprint density at radius 3 is 2.50 bits per heavy atom. The molecule has 0 saturated carbocycles. The number of hydrogen-bond donors (Lipinski definition) is 1. The molecule has 0 radical (unpaired) electrons. The van der Waals surface area contributed by atoms with Crippen LogP contribution in [0.4, 0.5) is 5.82 Å². The van der Waals surface area contributed by atoms with Gasteiger partial charge in [-0.2, -0.15) is 0 Å². The van der Waals surface area contributed by atoms with Gasteiger partial charge in [-0.05, 0) is 32.3 Å². The van der Waals surface area contributed by atoms with Gasteiger partial charge in [0.2, 0.25) is 0 Å². The van der Waals surface area contributed by atoms with Crippen LogP contribution in [0.2, 0.25) is 0 Å². The monoisotopic (exact) mass is 352 g/mol. The Labute approximate surface area is 154 Å². The van der Waals surface area contributed by atoms with Gasteiger partial charge in [0.15, 0.2) is 0 Å². The van der Waals surface area contributed by atoms with Gasteiger partial charge < -0.3 is 10.5 Å². The lowest BCUT2D eigenvalue weighted by Crippen LogP contribution is -2.39. The zero-order chi connectivity index (χ0) is 18.3. The van der Waals surface area contributed by atoms with Crippen LogP contribution in [0.5, 0.6) is 0 Å². The first-order chi connectivity index (χ1) is 12.5. The molecule has 136 valence electrons. The number of amides is 1. The largest absolute Gasteiger partial charge is 0.370 e. The minimum absolute atomic E-state index is 0.311. The van der Waals surface area contributed by atoms with Crippen LogP contribution in [0.25, 0.3) is 11.3 Å². The van der Waals surface area contributed by atoms with E-state index in [0.29, 0.717) is 18.6 Å². The Kier molecular flexibility index (Phi) is 4.19. The zero-order valence-electron chi connectivity index (χ0n) is 15.5. The highest BCUT2D eigenvalue weighted by Crippen LogP contribution is 2.37. The molecule has 2 aliphatic rings. The van der Waals surface area contributed by atoms with E-state index in [1.165, 1.54) is 0 Å². The molecular formula is C21H26N3O2+. The van der Waals surface area contributed by atoms with Crippen molar-refractivity contribution in [3.63, 3.8) is 0 Å². The Morgan fingerprint density at radius 1 is 1.15 bits per heavy atom. The van der Waals surface area contributed by atoms with Crippen LogP contribution < -0.4 is 15.6 Å². The van der Waals surface area contributed by atoms with Gasteiger partial charge >= 0.3 is 0 Å². The number of hydrogen-bond acceptors (Lipinski definition) is 3. The zero-order valence-corrected chi connectivity index (χ0v) is 15.5. The minimum Gasteiger partial charge on any atom is -0.370 e. The van der Waals surface area contributed by atoms with Gasteiger partial charge in [-0.3, -0.25) is 9.69 Å². The first-order valence-electron chi connectivity index (χ1n) is 9.31. The third-order valence-corrected chi connectivity index (χ3v) is 5.39. The van der Waals surface area contributed by atoms with Crippen molar-refractivity contribution in [1.29, 1.82) is 0 Å².